The molecule has 0 aliphatic carbocycles. The summed E-state index contributed by atoms with van der Waals surface area (Å²) in [5.41, 5.74) is 0.0519. The standard InChI is InChI=1S/C15H19BrO3.C8H14O3/c1-15(2,3)19-14(18)10-13(17)9-6-11-4-7-12(16)8-5-11;1-6(9)5-7(10)11-8(2,3)4/h4-5,7-8H,6,9-10H2,1-3H3;5H2,1-4H3. The Morgan fingerprint density at radius 3 is 1.63 bits per heavy atom. The first-order chi connectivity index (χ1) is 13.6. The first-order valence-electron chi connectivity index (χ1n) is 9.76. The Morgan fingerprint density at radius 2 is 1.23 bits per heavy atom. The van der Waals surface area contributed by atoms with Gasteiger partial charge in [0.25, 0.3) is 0 Å². The van der Waals surface area contributed by atoms with E-state index in [1.165, 1.54) is 6.92 Å². The van der Waals surface area contributed by atoms with Gasteiger partial charge in [0, 0.05) is 10.9 Å². The van der Waals surface area contributed by atoms with Crippen LogP contribution < -0.4 is 0 Å². The molecule has 0 atom stereocenters. The Balaban J connectivity index is 0.000000654. The van der Waals surface area contributed by atoms with Gasteiger partial charge in [-0.2, -0.15) is 0 Å². The summed E-state index contributed by atoms with van der Waals surface area (Å²) in [5.74, 6) is -1.16. The van der Waals surface area contributed by atoms with Crippen molar-refractivity contribution in [2.75, 3.05) is 0 Å². The van der Waals surface area contributed by atoms with Crippen molar-refractivity contribution < 1.29 is 28.7 Å². The molecule has 30 heavy (non-hydrogen) atoms. The zero-order chi connectivity index (χ0) is 23.5. The minimum absolute atomic E-state index is 0.0860. The predicted octanol–water partition coefficient (Wildman–Crippen LogP) is 4.99. The number of Topliss-reactive ketones (excluding diaryl/α,β-unsaturated/α-hetero) is 2. The summed E-state index contributed by atoms with van der Waals surface area (Å²) >= 11 is 3.36. The van der Waals surface area contributed by atoms with Crippen molar-refractivity contribution in [2.45, 2.75) is 85.4 Å². The van der Waals surface area contributed by atoms with Crippen molar-refractivity contribution in [3.8, 4) is 0 Å². The van der Waals surface area contributed by atoms with E-state index in [4.69, 9.17) is 9.47 Å². The van der Waals surface area contributed by atoms with Crippen LogP contribution in [0.2, 0.25) is 0 Å². The fourth-order valence-corrected chi connectivity index (χ4v) is 2.41. The normalized spacial score (nSPS) is 11.1. The van der Waals surface area contributed by atoms with Crippen LogP contribution in [0.5, 0.6) is 0 Å². The van der Waals surface area contributed by atoms with Crippen molar-refractivity contribution in [2.24, 2.45) is 0 Å². The summed E-state index contributed by atoms with van der Waals surface area (Å²) in [6.07, 6.45) is 0.737. The molecule has 0 fully saturated rings. The number of hydrogen-bond acceptors (Lipinski definition) is 6. The van der Waals surface area contributed by atoms with Gasteiger partial charge in [0.15, 0.2) is 0 Å². The monoisotopic (exact) mass is 484 g/mol. The summed E-state index contributed by atoms with van der Waals surface area (Å²) in [7, 11) is 0. The summed E-state index contributed by atoms with van der Waals surface area (Å²) in [4.78, 5) is 44.4. The third-order valence-corrected chi connectivity index (χ3v) is 3.71. The molecule has 0 N–H and O–H groups in total. The van der Waals surface area contributed by atoms with Crippen molar-refractivity contribution in [1.29, 1.82) is 0 Å². The number of aryl methyl sites for hydroxylation is 1. The molecule has 7 heteroatoms. The van der Waals surface area contributed by atoms with Crippen molar-refractivity contribution in [3.05, 3.63) is 34.3 Å². The van der Waals surface area contributed by atoms with E-state index in [-0.39, 0.29) is 24.4 Å². The second-order valence-electron chi connectivity index (χ2n) is 8.89. The molecule has 1 rings (SSSR count). The molecule has 0 aliphatic rings. The SMILES string of the molecule is CC(=O)CC(=O)OC(C)(C)C.CC(C)(C)OC(=O)CC(=O)CCc1ccc(Br)cc1. The van der Waals surface area contributed by atoms with Crippen LogP contribution in [-0.4, -0.2) is 34.7 Å². The quantitative estimate of drug-likeness (QED) is 0.400. The summed E-state index contributed by atoms with van der Waals surface area (Å²) < 4.78 is 11.0. The van der Waals surface area contributed by atoms with Gasteiger partial charge in [-0.25, -0.2) is 0 Å². The van der Waals surface area contributed by atoms with Crippen LogP contribution in [0, 0.1) is 0 Å². The van der Waals surface area contributed by atoms with Crippen molar-refractivity contribution >= 4 is 39.4 Å². The van der Waals surface area contributed by atoms with Crippen LogP contribution in [0.4, 0.5) is 0 Å². The molecular weight excluding hydrogens is 452 g/mol. The number of esters is 2. The lowest BCUT2D eigenvalue weighted by Gasteiger charge is -2.19. The Bertz CT molecular complexity index is 724. The van der Waals surface area contributed by atoms with E-state index in [9.17, 15) is 19.2 Å². The Hall–Kier alpha value is -2.02. The van der Waals surface area contributed by atoms with Gasteiger partial charge in [0.05, 0.1) is 0 Å². The highest BCUT2D eigenvalue weighted by Crippen LogP contribution is 2.13. The lowest BCUT2D eigenvalue weighted by molar-refractivity contribution is -0.157. The highest BCUT2D eigenvalue weighted by molar-refractivity contribution is 9.10. The van der Waals surface area contributed by atoms with E-state index in [1.54, 1.807) is 41.5 Å². The molecule has 0 aromatic heterocycles. The van der Waals surface area contributed by atoms with Crippen LogP contribution >= 0.6 is 15.9 Å². The van der Waals surface area contributed by atoms with E-state index in [0.717, 1.165) is 10.0 Å². The van der Waals surface area contributed by atoms with Crippen LogP contribution in [-0.2, 0) is 35.1 Å². The molecule has 0 saturated heterocycles. The van der Waals surface area contributed by atoms with Gasteiger partial charge < -0.3 is 9.47 Å². The molecule has 168 valence electrons. The zero-order valence-electron chi connectivity index (χ0n) is 19.0. The number of hydrogen-bond donors (Lipinski definition) is 0. The zero-order valence-corrected chi connectivity index (χ0v) is 20.6. The highest BCUT2D eigenvalue weighted by atomic mass is 79.9. The average molecular weight is 485 g/mol. The number of halogens is 1. The number of carbonyl (C=O) groups excluding carboxylic acids is 4. The minimum atomic E-state index is -0.539. The summed E-state index contributed by atoms with van der Waals surface area (Å²) in [6, 6.07) is 7.80. The molecule has 0 bridgehead atoms. The lowest BCUT2D eigenvalue weighted by atomic mass is 10.1. The Labute approximate surface area is 187 Å². The number of ether oxygens (including phenoxy) is 2. The maximum atomic E-state index is 11.7. The van der Waals surface area contributed by atoms with Crippen LogP contribution in [0.15, 0.2) is 28.7 Å². The maximum absolute atomic E-state index is 11.7. The molecule has 1 aromatic rings. The number of rotatable bonds is 7. The molecule has 0 saturated carbocycles. The molecular formula is C23H33BrO6. The number of carbonyl (C=O) groups is 4. The van der Waals surface area contributed by atoms with Gasteiger partial charge in [-0.3, -0.25) is 19.2 Å². The van der Waals surface area contributed by atoms with Gasteiger partial charge in [-0.1, -0.05) is 28.1 Å². The maximum Gasteiger partial charge on any atom is 0.313 e. The third-order valence-electron chi connectivity index (χ3n) is 3.18. The van der Waals surface area contributed by atoms with Gasteiger partial charge in [0.2, 0.25) is 0 Å². The Kier molecular flexibility index (Phi) is 11.8. The van der Waals surface area contributed by atoms with E-state index in [0.29, 0.717) is 12.8 Å². The van der Waals surface area contributed by atoms with Crippen molar-refractivity contribution in [1.82, 2.24) is 0 Å². The van der Waals surface area contributed by atoms with E-state index in [2.05, 4.69) is 15.9 Å². The van der Waals surface area contributed by atoms with Crippen LogP contribution in [0.1, 0.15) is 73.3 Å². The summed E-state index contributed by atoms with van der Waals surface area (Å²) in [5, 5.41) is 0. The fourth-order valence-electron chi connectivity index (χ4n) is 2.14. The smallest absolute Gasteiger partial charge is 0.313 e. The van der Waals surface area contributed by atoms with Crippen LogP contribution in [0.3, 0.4) is 0 Å². The van der Waals surface area contributed by atoms with Crippen LogP contribution in [0.25, 0.3) is 0 Å². The number of ketones is 2. The molecule has 1 aromatic carbocycles. The molecule has 0 heterocycles. The molecule has 0 unspecified atom stereocenters. The van der Waals surface area contributed by atoms with E-state index >= 15 is 0 Å². The van der Waals surface area contributed by atoms with Gasteiger partial charge >= 0.3 is 11.9 Å². The third kappa shape index (κ3) is 16.9. The highest BCUT2D eigenvalue weighted by Gasteiger charge is 2.19. The van der Waals surface area contributed by atoms with Gasteiger partial charge in [-0.05, 0) is 72.6 Å². The first-order valence-corrected chi connectivity index (χ1v) is 10.6. The average Bonchev–Trinajstić information content (AvgIpc) is 2.50. The second-order valence-corrected chi connectivity index (χ2v) is 9.81. The van der Waals surface area contributed by atoms with Gasteiger partial charge in [0.1, 0.15) is 35.6 Å². The first kappa shape index (κ1) is 28.0. The largest absolute Gasteiger partial charge is 0.460 e. The minimum Gasteiger partial charge on any atom is -0.460 e. The molecule has 0 aliphatic heterocycles. The fraction of sp³-hybridized carbons (Fsp3) is 0.565. The molecule has 0 radical (unpaired) electrons. The predicted molar refractivity (Wildman–Crippen MR) is 119 cm³/mol. The molecule has 6 nitrogen and oxygen atoms in total. The topological polar surface area (TPSA) is 86.7 Å². The van der Waals surface area contributed by atoms with E-state index in [1.807, 2.05) is 24.3 Å². The number of benzene rings is 1. The van der Waals surface area contributed by atoms with Gasteiger partial charge in [-0.15, -0.1) is 0 Å². The van der Waals surface area contributed by atoms with E-state index < -0.39 is 23.1 Å². The van der Waals surface area contributed by atoms with Crippen molar-refractivity contribution in [3.63, 3.8) is 0 Å². The Morgan fingerprint density at radius 1 is 0.800 bits per heavy atom. The lowest BCUT2D eigenvalue weighted by Crippen LogP contribution is -2.25. The second kappa shape index (κ2) is 12.6. The molecule has 0 amide bonds. The summed E-state index contributed by atoms with van der Waals surface area (Å²) in [6.45, 7) is 12.0. The molecule has 0 spiro atoms.